The first-order chi connectivity index (χ1) is 8.57. The van der Waals surface area contributed by atoms with E-state index in [0.717, 1.165) is 5.75 Å². The molecule has 0 amide bonds. The summed E-state index contributed by atoms with van der Waals surface area (Å²) in [5, 5.41) is 0. The lowest BCUT2D eigenvalue weighted by Crippen LogP contribution is -2.29. The zero-order valence-corrected chi connectivity index (χ0v) is 12.4. The van der Waals surface area contributed by atoms with Crippen molar-refractivity contribution in [3.8, 4) is 5.75 Å². The van der Waals surface area contributed by atoms with E-state index in [1.54, 1.807) is 24.3 Å². The third-order valence-electron chi connectivity index (χ3n) is 2.47. The van der Waals surface area contributed by atoms with Crippen LogP contribution in [0.4, 0.5) is 13.2 Å². The molecule has 1 atom stereocenters. The average Bonchev–Trinajstić information content (AvgIpc) is 2.23. The van der Waals surface area contributed by atoms with Crippen molar-refractivity contribution < 1.29 is 17.6 Å². The van der Waals surface area contributed by atoms with Crippen molar-refractivity contribution in [1.82, 2.24) is 0 Å². The van der Waals surface area contributed by atoms with Crippen molar-refractivity contribution >= 4 is 8.32 Å². The molecule has 0 spiro atoms. The van der Waals surface area contributed by atoms with Gasteiger partial charge in [0.2, 0.25) is 8.32 Å². The van der Waals surface area contributed by atoms with Crippen LogP contribution in [-0.4, -0.2) is 14.5 Å². The molecule has 1 rings (SSSR count). The zero-order chi connectivity index (χ0) is 14.7. The lowest BCUT2D eigenvalue weighted by Gasteiger charge is -2.20. The second-order valence-corrected chi connectivity index (χ2v) is 9.97. The largest absolute Gasteiger partial charge is 0.544 e. The monoisotopic (exact) mass is 291 g/mol. The lowest BCUT2D eigenvalue weighted by atomic mass is 10.0. The molecule has 1 aromatic rings. The molecule has 0 aliphatic carbocycles. The molecule has 0 aliphatic rings. The zero-order valence-electron chi connectivity index (χ0n) is 11.4. The Balaban J connectivity index is 2.60. The molecule has 0 radical (unpaired) electrons. The standard InChI is InChI=1S/C13H20F3NOSi/c1-19(2,3)18-11-6-4-10(5-7-11)12(17)8-9-13(14,15)16/h4-7,12H,8-9,17H2,1-3H3/t12-/m0/s1. The maximum atomic E-state index is 12.1. The van der Waals surface area contributed by atoms with Gasteiger partial charge >= 0.3 is 6.18 Å². The van der Waals surface area contributed by atoms with Crippen LogP contribution in [0.2, 0.25) is 19.6 Å². The Morgan fingerprint density at radius 1 is 1.16 bits per heavy atom. The maximum absolute atomic E-state index is 12.1. The van der Waals surface area contributed by atoms with Crippen LogP contribution in [0, 0.1) is 0 Å². The molecule has 0 saturated carbocycles. The minimum Gasteiger partial charge on any atom is -0.544 e. The first-order valence-corrected chi connectivity index (χ1v) is 9.59. The molecule has 19 heavy (non-hydrogen) atoms. The minimum atomic E-state index is -4.15. The van der Waals surface area contributed by atoms with E-state index in [1.165, 1.54) is 0 Å². The fourth-order valence-corrected chi connectivity index (χ4v) is 2.47. The molecule has 1 aromatic carbocycles. The van der Waals surface area contributed by atoms with E-state index in [-0.39, 0.29) is 6.42 Å². The molecule has 0 aliphatic heterocycles. The van der Waals surface area contributed by atoms with Gasteiger partial charge in [-0.05, 0) is 43.8 Å². The highest BCUT2D eigenvalue weighted by molar-refractivity contribution is 6.70. The number of nitrogens with two attached hydrogens (primary N) is 1. The number of hydrogen-bond acceptors (Lipinski definition) is 2. The summed E-state index contributed by atoms with van der Waals surface area (Å²) in [6.07, 6.45) is -5.11. The number of alkyl halides is 3. The predicted octanol–water partition coefficient (Wildman–Crippen LogP) is 4.24. The SMILES string of the molecule is C[Si](C)(C)Oc1ccc([C@@H](N)CCC(F)(F)F)cc1. The average molecular weight is 291 g/mol. The van der Waals surface area contributed by atoms with Gasteiger partial charge in [-0.25, -0.2) is 0 Å². The van der Waals surface area contributed by atoms with Gasteiger partial charge in [0.15, 0.2) is 0 Å². The number of halogens is 3. The van der Waals surface area contributed by atoms with Gasteiger partial charge < -0.3 is 10.2 Å². The second kappa shape index (κ2) is 5.96. The van der Waals surface area contributed by atoms with Gasteiger partial charge in [0, 0.05) is 12.5 Å². The normalized spacial score (nSPS) is 14.3. The van der Waals surface area contributed by atoms with Crippen LogP contribution in [0.3, 0.4) is 0 Å². The molecule has 2 N–H and O–H groups in total. The molecule has 6 heteroatoms. The van der Waals surface area contributed by atoms with Gasteiger partial charge in [-0.15, -0.1) is 0 Å². The Bertz CT molecular complexity index is 398. The van der Waals surface area contributed by atoms with E-state index >= 15 is 0 Å². The summed E-state index contributed by atoms with van der Waals surface area (Å²) in [6, 6.07) is 6.40. The Morgan fingerprint density at radius 3 is 2.11 bits per heavy atom. The first kappa shape index (κ1) is 16.0. The molecule has 108 valence electrons. The van der Waals surface area contributed by atoms with Crippen molar-refractivity contribution in [1.29, 1.82) is 0 Å². The second-order valence-electron chi connectivity index (χ2n) is 5.54. The lowest BCUT2D eigenvalue weighted by molar-refractivity contribution is -0.136. The Kier molecular flexibility index (Phi) is 5.03. The van der Waals surface area contributed by atoms with Crippen LogP contribution in [-0.2, 0) is 0 Å². The fourth-order valence-electron chi connectivity index (χ4n) is 1.62. The van der Waals surface area contributed by atoms with Crippen LogP contribution in [0.5, 0.6) is 5.75 Å². The quantitative estimate of drug-likeness (QED) is 0.823. The molecule has 0 saturated heterocycles. The Hall–Kier alpha value is -1.01. The number of hydrogen-bond donors (Lipinski definition) is 1. The third kappa shape index (κ3) is 6.63. The van der Waals surface area contributed by atoms with Gasteiger partial charge in [0.25, 0.3) is 0 Å². The summed E-state index contributed by atoms with van der Waals surface area (Å²) in [6.45, 7) is 6.20. The summed E-state index contributed by atoms with van der Waals surface area (Å²) < 4.78 is 42.1. The first-order valence-electron chi connectivity index (χ1n) is 6.18. The van der Waals surface area contributed by atoms with E-state index in [0.29, 0.717) is 5.56 Å². The minimum absolute atomic E-state index is 0.0995. The van der Waals surface area contributed by atoms with Gasteiger partial charge in [-0.1, -0.05) is 12.1 Å². The van der Waals surface area contributed by atoms with E-state index in [2.05, 4.69) is 19.6 Å². The van der Waals surface area contributed by atoms with Crippen LogP contribution in [0.15, 0.2) is 24.3 Å². The van der Waals surface area contributed by atoms with Crippen molar-refractivity contribution in [2.24, 2.45) is 5.73 Å². The molecule has 0 bridgehead atoms. The summed E-state index contributed by atoms with van der Waals surface area (Å²) in [5.74, 6) is 0.742. The fraction of sp³-hybridized carbons (Fsp3) is 0.538. The van der Waals surface area contributed by atoms with E-state index in [9.17, 15) is 13.2 Å². The molecule has 0 unspecified atom stereocenters. The van der Waals surface area contributed by atoms with E-state index in [1.807, 2.05) is 0 Å². The molecule has 0 fully saturated rings. The highest BCUT2D eigenvalue weighted by Gasteiger charge is 2.27. The van der Waals surface area contributed by atoms with E-state index in [4.69, 9.17) is 10.2 Å². The van der Waals surface area contributed by atoms with Gasteiger partial charge in [0.05, 0.1) is 0 Å². The maximum Gasteiger partial charge on any atom is 0.389 e. The van der Waals surface area contributed by atoms with Crippen molar-refractivity contribution in [3.63, 3.8) is 0 Å². The summed E-state index contributed by atoms with van der Waals surface area (Å²) in [4.78, 5) is 0. The summed E-state index contributed by atoms with van der Waals surface area (Å²) in [7, 11) is -1.66. The summed E-state index contributed by atoms with van der Waals surface area (Å²) >= 11 is 0. The third-order valence-corrected chi connectivity index (χ3v) is 3.32. The Labute approximate surface area is 112 Å². The number of benzene rings is 1. The molecule has 2 nitrogen and oxygen atoms in total. The van der Waals surface area contributed by atoms with Gasteiger partial charge in [-0.2, -0.15) is 13.2 Å². The Morgan fingerprint density at radius 2 is 1.68 bits per heavy atom. The van der Waals surface area contributed by atoms with Crippen molar-refractivity contribution in [3.05, 3.63) is 29.8 Å². The predicted molar refractivity (Wildman–Crippen MR) is 72.6 cm³/mol. The smallest absolute Gasteiger partial charge is 0.389 e. The van der Waals surface area contributed by atoms with Crippen molar-refractivity contribution in [2.75, 3.05) is 0 Å². The molecular weight excluding hydrogens is 271 g/mol. The van der Waals surface area contributed by atoms with Crippen LogP contribution >= 0.6 is 0 Å². The van der Waals surface area contributed by atoms with Crippen molar-refractivity contribution in [2.45, 2.75) is 44.7 Å². The molecule has 0 heterocycles. The van der Waals surface area contributed by atoms with Gasteiger partial charge in [0.1, 0.15) is 5.75 Å². The topological polar surface area (TPSA) is 35.2 Å². The highest BCUT2D eigenvalue weighted by atomic mass is 28.4. The summed E-state index contributed by atoms with van der Waals surface area (Å²) in [5.41, 5.74) is 6.45. The van der Waals surface area contributed by atoms with Crippen LogP contribution < -0.4 is 10.2 Å². The molecule has 0 aromatic heterocycles. The van der Waals surface area contributed by atoms with Crippen LogP contribution in [0.1, 0.15) is 24.4 Å². The number of rotatable bonds is 5. The van der Waals surface area contributed by atoms with E-state index < -0.39 is 27.0 Å². The van der Waals surface area contributed by atoms with Gasteiger partial charge in [-0.3, -0.25) is 0 Å². The van der Waals surface area contributed by atoms with Crippen LogP contribution in [0.25, 0.3) is 0 Å². The highest BCUT2D eigenvalue weighted by Crippen LogP contribution is 2.27. The molecular formula is C13H20F3NOSi.